The van der Waals surface area contributed by atoms with Crippen LogP contribution in [-0.4, -0.2) is 26.9 Å². The largest absolute Gasteiger partial charge is 0.396 e. The van der Waals surface area contributed by atoms with Crippen LogP contribution in [0.3, 0.4) is 0 Å². The molecule has 1 heterocycles. The molecule has 1 saturated carbocycles. The summed E-state index contributed by atoms with van der Waals surface area (Å²) in [6.07, 6.45) is 4.42. The number of nitrogens with one attached hydrogen (secondary N) is 2. The van der Waals surface area contributed by atoms with Crippen molar-refractivity contribution in [3.8, 4) is 0 Å². The maximum absolute atomic E-state index is 12.4. The van der Waals surface area contributed by atoms with Crippen LogP contribution in [-0.2, 0) is 5.75 Å². The molecule has 3 N–H and O–H groups in total. The molecule has 5 nitrogen and oxygen atoms in total. The summed E-state index contributed by atoms with van der Waals surface area (Å²) in [5.74, 6) is 1.89. The van der Waals surface area contributed by atoms with Gasteiger partial charge in [-0.15, -0.1) is 0 Å². The molecule has 3 aromatic rings. The van der Waals surface area contributed by atoms with Gasteiger partial charge in [-0.3, -0.25) is 4.79 Å². The molecule has 0 aliphatic heterocycles. The third-order valence-electron chi connectivity index (χ3n) is 5.33. The number of rotatable bonds is 6. The molecule has 2 aromatic carbocycles. The van der Waals surface area contributed by atoms with Gasteiger partial charge in [-0.2, -0.15) is 11.8 Å². The number of hydrogen-bond acceptors (Lipinski definition) is 5. The van der Waals surface area contributed by atoms with Crippen LogP contribution in [0.2, 0.25) is 0 Å². The van der Waals surface area contributed by atoms with E-state index in [1.807, 2.05) is 60.3 Å². The van der Waals surface area contributed by atoms with Crippen molar-refractivity contribution < 1.29 is 5.11 Å². The fourth-order valence-corrected chi connectivity index (χ4v) is 4.84. The Bertz CT molecular complexity index is 982. The SMILES string of the molecule is O=c1[nH]c(CS[C@H]2CC[C@H](CO)CC2)nc2cc(Nc3ccccc3)ccc12. The van der Waals surface area contributed by atoms with Gasteiger partial charge >= 0.3 is 0 Å². The third kappa shape index (κ3) is 4.56. The lowest BCUT2D eigenvalue weighted by Crippen LogP contribution is -2.19. The minimum absolute atomic E-state index is 0.0872. The number of hydrogen-bond donors (Lipinski definition) is 3. The zero-order chi connectivity index (χ0) is 19.3. The van der Waals surface area contributed by atoms with Gasteiger partial charge < -0.3 is 15.4 Å². The number of aliphatic hydroxyl groups excluding tert-OH is 1. The lowest BCUT2D eigenvalue weighted by Gasteiger charge is -2.26. The topological polar surface area (TPSA) is 78.0 Å². The molecular weight excluding hydrogens is 370 g/mol. The highest BCUT2D eigenvalue weighted by Crippen LogP contribution is 2.33. The lowest BCUT2D eigenvalue weighted by molar-refractivity contribution is 0.192. The minimum Gasteiger partial charge on any atom is -0.396 e. The summed E-state index contributed by atoms with van der Waals surface area (Å²) in [7, 11) is 0. The second kappa shape index (κ2) is 8.80. The van der Waals surface area contributed by atoms with Gasteiger partial charge in [0.15, 0.2) is 0 Å². The van der Waals surface area contributed by atoms with Crippen LogP contribution >= 0.6 is 11.8 Å². The van der Waals surface area contributed by atoms with E-state index in [0.29, 0.717) is 34.4 Å². The number of aromatic nitrogens is 2. The van der Waals surface area contributed by atoms with Gasteiger partial charge in [-0.05, 0) is 61.9 Å². The van der Waals surface area contributed by atoms with Gasteiger partial charge in [0.2, 0.25) is 0 Å². The molecule has 28 heavy (non-hydrogen) atoms. The number of nitrogens with zero attached hydrogens (tertiary/aromatic N) is 1. The van der Waals surface area contributed by atoms with E-state index in [1.54, 1.807) is 0 Å². The number of aliphatic hydroxyl groups is 1. The summed E-state index contributed by atoms with van der Waals surface area (Å²) in [6, 6.07) is 15.6. The van der Waals surface area contributed by atoms with Crippen LogP contribution in [0, 0.1) is 5.92 Å². The van der Waals surface area contributed by atoms with E-state index in [-0.39, 0.29) is 5.56 Å². The van der Waals surface area contributed by atoms with E-state index in [2.05, 4.69) is 10.3 Å². The fourth-order valence-electron chi connectivity index (χ4n) is 3.70. The van der Waals surface area contributed by atoms with Crippen LogP contribution in [0.15, 0.2) is 53.3 Å². The van der Waals surface area contributed by atoms with Crippen LogP contribution in [0.25, 0.3) is 10.9 Å². The summed E-state index contributed by atoms with van der Waals surface area (Å²) in [5, 5.41) is 13.8. The van der Waals surface area contributed by atoms with Crippen LogP contribution < -0.4 is 10.9 Å². The van der Waals surface area contributed by atoms with Gasteiger partial charge in [0.05, 0.1) is 16.7 Å². The van der Waals surface area contributed by atoms with Gasteiger partial charge in [-0.25, -0.2) is 4.98 Å². The van der Waals surface area contributed by atoms with Gasteiger partial charge in [0.1, 0.15) is 5.82 Å². The predicted molar refractivity (Wildman–Crippen MR) is 116 cm³/mol. The quantitative estimate of drug-likeness (QED) is 0.575. The van der Waals surface area contributed by atoms with Crippen molar-refractivity contribution >= 4 is 34.0 Å². The number of benzene rings is 2. The molecule has 0 atom stereocenters. The maximum atomic E-state index is 12.4. The predicted octanol–water partition coefficient (Wildman–Crippen LogP) is 4.45. The first kappa shape index (κ1) is 19.0. The second-order valence-corrected chi connectivity index (χ2v) is 8.66. The van der Waals surface area contributed by atoms with E-state index in [0.717, 1.165) is 42.9 Å². The van der Waals surface area contributed by atoms with Gasteiger partial charge in [0, 0.05) is 23.2 Å². The molecule has 0 amide bonds. The summed E-state index contributed by atoms with van der Waals surface area (Å²) in [4.78, 5) is 20.1. The van der Waals surface area contributed by atoms with Crippen molar-refractivity contribution in [2.75, 3.05) is 11.9 Å². The Balaban J connectivity index is 1.47. The second-order valence-electron chi connectivity index (χ2n) is 7.37. The molecule has 0 bridgehead atoms. The van der Waals surface area contributed by atoms with Crippen LogP contribution in [0.1, 0.15) is 31.5 Å². The van der Waals surface area contributed by atoms with Crippen molar-refractivity contribution in [2.45, 2.75) is 36.7 Å². The van der Waals surface area contributed by atoms with Crippen molar-refractivity contribution in [3.63, 3.8) is 0 Å². The number of H-pyrrole nitrogens is 1. The molecule has 6 heteroatoms. The Morgan fingerprint density at radius 2 is 1.86 bits per heavy atom. The van der Waals surface area contributed by atoms with Crippen LogP contribution in [0.4, 0.5) is 11.4 Å². The molecule has 4 rings (SSSR count). The molecule has 0 spiro atoms. The first-order chi connectivity index (χ1) is 13.7. The maximum Gasteiger partial charge on any atom is 0.258 e. The van der Waals surface area contributed by atoms with Gasteiger partial charge in [0.25, 0.3) is 5.56 Å². The fraction of sp³-hybridized carbons (Fsp3) is 0.364. The highest BCUT2D eigenvalue weighted by molar-refractivity contribution is 7.99. The first-order valence-corrected chi connectivity index (χ1v) is 10.8. The van der Waals surface area contributed by atoms with E-state index in [4.69, 9.17) is 4.98 Å². The average Bonchev–Trinajstić information content (AvgIpc) is 2.73. The highest BCUT2D eigenvalue weighted by Gasteiger charge is 2.21. The average molecular weight is 396 g/mol. The molecule has 1 fully saturated rings. The van der Waals surface area contributed by atoms with E-state index in [1.165, 1.54) is 0 Å². The Morgan fingerprint density at radius 1 is 1.07 bits per heavy atom. The Labute approximate surface area is 168 Å². The standard InChI is InChI=1S/C22H25N3O2S/c26-13-15-6-9-18(10-7-15)28-14-21-24-20-12-17(8-11-19(20)22(27)25-21)23-16-4-2-1-3-5-16/h1-5,8,11-12,15,18,23,26H,6-7,9-10,13-14H2,(H,24,25,27)/t15-,18-. The Hall–Kier alpha value is -2.31. The number of anilines is 2. The zero-order valence-corrected chi connectivity index (χ0v) is 16.5. The zero-order valence-electron chi connectivity index (χ0n) is 15.7. The molecule has 1 aliphatic rings. The highest BCUT2D eigenvalue weighted by atomic mass is 32.2. The number of para-hydroxylation sites is 1. The molecular formula is C22H25N3O2S. The minimum atomic E-state index is -0.0872. The molecule has 0 unspecified atom stereocenters. The normalized spacial score (nSPS) is 19.6. The van der Waals surface area contributed by atoms with E-state index in [9.17, 15) is 9.90 Å². The smallest absolute Gasteiger partial charge is 0.258 e. The van der Waals surface area contributed by atoms with Gasteiger partial charge in [-0.1, -0.05) is 18.2 Å². The monoisotopic (exact) mass is 395 g/mol. The Morgan fingerprint density at radius 3 is 2.61 bits per heavy atom. The lowest BCUT2D eigenvalue weighted by atomic mass is 9.90. The van der Waals surface area contributed by atoms with Crippen molar-refractivity contribution in [2.24, 2.45) is 5.92 Å². The summed E-state index contributed by atoms with van der Waals surface area (Å²) in [6.45, 7) is 0.302. The molecule has 146 valence electrons. The molecule has 1 aromatic heterocycles. The number of fused-ring (bicyclic) bond motifs is 1. The van der Waals surface area contributed by atoms with Crippen molar-refractivity contribution in [3.05, 3.63) is 64.7 Å². The summed E-state index contributed by atoms with van der Waals surface area (Å²) >= 11 is 1.86. The summed E-state index contributed by atoms with van der Waals surface area (Å²) < 4.78 is 0. The van der Waals surface area contributed by atoms with Crippen molar-refractivity contribution in [1.82, 2.24) is 9.97 Å². The number of thioether (sulfide) groups is 1. The Kier molecular flexibility index (Phi) is 5.98. The summed E-state index contributed by atoms with van der Waals surface area (Å²) in [5.41, 5.74) is 2.54. The van der Waals surface area contributed by atoms with Crippen molar-refractivity contribution in [1.29, 1.82) is 0 Å². The number of aromatic amines is 1. The molecule has 1 aliphatic carbocycles. The first-order valence-electron chi connectivity index (χ1n) is 9.79. The van der Waals surface area contributed by atoms with Crippen LogP contribution in [0.5, 0.6) is 0 Å². The molecule has 0 saturated heterocycles. The van der Waals surface area contributed by atoms with E-state index < -0.39 is 0 Å². The van der Waals surface area contributed by atoms with E-state index >= 15 is 0 Å². The molecule has 0 radical (unpaired) electrons. The third-order valence-corrected chi connectivity index (χ3v) is 6.71.